The van der Waals surface area contributed by atoms with Gasteiger partial charge in [-0.15, -0.1) is 0 Å². The van der Waals surface area contributed by atoms with Crippen LogP contribution in [0.25, 0.3) is 0 Å². The van der Waals surface area contributed by atoms with E-state index in [0.29, 0.717) is 18.6 Å². The summed E-state index contributed by atoms with van der Waals surface area (Å²) in [5, 5.41) is 3.22. The van der Waals surface area contributed by atoms with Crippen molar-refractivity contribution in [3.63, 3.8) is 0 Å². The number of nitrogens with zero attached hydrogens (tertiary/aromatic N) is 3. The van der Waals surface area contributed by atoms with Gasteiger partial charge in [0, 0.05) is 44.8 Å². The Morgan fingerprint density at radius 2 is 1.61 bits per heavy atom. The minimum absolute atomic E-state index is 0.253. The van der Waals surface area contributed by atoms with Crippen LogP contribution in [0.2, 0.25) is 0 Å². The fraction of sp³-hybridized carbons (Fsp3) is 0.944. The van der Waals surface area contributed by atoms with E-state index >= 15 is 0 Å². The largest absolute Gasteiger partial charge is 0.339 e. The predicted molar refractivity (Wildman–Crippen MR) is 95.6 cm³/mol. The lowest BCUT2D eigenvalue weighted by Gasteiger charge is -2.39. The number of hydrogen-bond donors (Lipinski definition) is 1. The molecule has 1 amide bonds. The third-order valence-corrected chi connectivity index (χ3v) is 5.28. The minimum Gasteiger partial charge on any atom is -0.339 e. The normalized spacial score (nSPS) is 22.3. The van der Waals surface area contributed by atoms with Crippen LogP contribution in [0, 0.1) is 5.92 Å². The molecule has 2 aliphatic rings. The van der Waals surface area contributed by atoms with E-state index < -0.39 is 0 Å². The maximum Gasteiger partial charge on any atom is 0.236 e. The van der Waals surface area contributed by atoms with Gasteiger partial charge in [-0.1, -0.05) is 13.8 Å². The van der Waals surface area contributed by atoms with E-state index in [1.54, 1.807) is 0 Å². The fourth-order valence-corrected chi connectivity index (χ4v) is 3.60. The average Bonchev–Trinajstić information content (AvgIpc) is 2.54. The fourth-order valence-electron chi connectivity index (χ4n) is 3.60. The van der Waals surface area contributed by atoms with Crippen molar-refractivity contribution in [3.05, 3.63) is 0 Å². The summed E-state index contributed by atoms with van der Waals surface area (Å²) in [6, 6.07) is 1.06. The monoisotopic (exact) mass is 324 g/mol. The van der Waals surface area contributed by atoms with Gasteiger partial charge in [0.2, 0.25) is 5.91 Å². The molecule has 0 aromatic carbocycles. The van der Waals surface area contributed by atoms with Crippen molar-refractivity contribution < 1.29 is 4.79 Å². The number of piperazine rings is 1. The Labute approximate surface area is 142 Å². The number of likely N-dealkylation sites (tertiary alicyclic amines) is 1. The SMILES string of the molecule is CC(C)NCC(=O)N1CCN(CC2CCN(C(C)C)CC2)CC1. The van der Waals surface area contributed by atoms with Crippen LogP contribution in [0.15, 0.2) is 0 Å². The third-order valence-electron chi connectivity index (χ3n) is 5.28. The van der Waals surface area contributed by atoms with Crippen molar-refractivity contribution in [2.45, 2.75) is 52.6 Å². The van der Waals surface area contributed by atoms with Crippen molar-refractivity contribution in [2.75, 3.05) is 52.4 Å². The van der Waals surface area contributed by atoms with Gasteiger partial charge in [0.05, 0.1) is 6.54 Å². The molecule has 5 heteroatoms. The van der Waals surface area contributed by atoms with Gasteiger partial charge in [-0.2, -0.15) is 0 Å². The predicted octanol–water partition coefficient (Wildman–Crippen LogP) is 1.25. The molecule has 0 radical (unpaired) electrons. The molecular weight excluding hydrogens is 288 g/mol. The number of amides is 1. The second-order valence-corrected chi connectivity index (χ2v) is 7.79. The summed E-state index contributed by atoms with van der Waals surface area (Å²) in [5.74, 6) is 1.10. The maximum atomic E-state index is 12.1. The molecule has 0 bridgehead atoms. The molecule has 2 saturated heterocycles. The topological polar surface area (TPSA) is 38.8 Å². The summed E-state index contributed by atoms with van der Waals surface area (Å²) in [4.78, 5) is 19.3. The molecule has 23 heavy (non-hydrogen) atoms. The number of hydrogen-bond acceptors (Lipinski definition) is 4. The molecule has 0 spiro atoms. The van der Waals surface area contributed by atoms with Crippen molar-refractivity contribution >= 4 is 5.91 Å². The zero-order valence-electron chi connectivity index (χ0n) is 15.6. The molecule has 1 N–H and O–H groups in total. The van der Waals surface area contributed by atoms with Crippen molar-refractivity contribution in [2.24, 2.45) is 5.92 Å². The summed E-state index contributed by atoms with van der Waals surface area (Å²) in [5.41, 5.74) is 0. The van der Waals surface area contributed by atoms with Crippen LogP contribution in [0.4, 0.5) is 0 Å². The second kappa shape index (κ2) is 9.00. The first-order valence-corrected chi connectivity index (χ1v) is 9.43. The number of carbonyl (C=O) groups excluding carboxylic acids is 1. The molecule has 2 aliphatic heterocycles. The van der Waals surface area contributed by atoms with Crippen molar-refractivity contribution in [3.8, 4) is 0 Å². The minimum atomic E-state index is 0.253. The molecule has 0 atom stereocenters. The summed E-state index contributed by atoms with van der Waals surface area (Å²) in [7, 11) is 0. The number of piperidine rings is 1. The first kappa shape index (κ1) is 18.7. The molecule has 0 saturated carbocycles. The standard InChI is InChI=1S/C18H36N4O/c1-15(2)19-13-18(23)22-11-9-20(10-12-22)14-17-5-7-21(8-6-17)16(3)4/h15-17,19H,5-14H2,1-4H3. The molecule has 5 nitrogen and oxygen atoms in total. The molecule has 0 aliphatic carbocycles. The Hall–Kier alpha value is -0.650. The van der Waals surface area contributed by atoms with E-state index in [9.17, 15) is 4.79 Å². The highest BCUT2D eigenvalue weighted by atomic mass is 16.2. The molecule has 134 valence electrons. The Morgan fingerprint density at radius 1 is 1.00 bits per heavy atom. The summed E-state index contributed by atoms with van der Waals surface area (Å²) in [6.07, 6.45) is 2.66. The molecule has 2 rings (SSSR count). The highest BCUT2D eigenvalue weighted by molar-refractivity contribution is 5.78. The smallest absolute Gasteiger partial charge is 0.236 e. The average molecular weight is 325 g/mol. The van der Waals surface area contributed by atoms with Crippen LogP contribution in [0.5, 0.6) is 0 Å². The van der Waals surface area contributed by atoms with Crippen LogP contribution in [-0.2, 0) is 4.79 Å². The van der Waals surface area contributed by atoms with Gasteiger partial charge in [-0.25, -0.2) is 0 Å². The van der Waals surface area contributed by atoms with Crippen LogP contribution in [-0.4, -0.2) is 85.0 Å². The van der Waals surface area contributed by atoms with Gasteiger partial charge in [0.15, 0.2) is 0 Å². The van der Waals surface area contributed by atoms with Gasteiger partial charge < -0.3 is 15.1 Å². The van der Waals surface area contributed by atoms with Gasteiger partial charge in [-0.05, 0) is 45.7 Å². The van der Waals surface area contributed by atoms with Crippen molar-refractivity contribution in [1.29, 1.82) is 0 Å². The Morgan fingerprint density at radius 3 is 2.13 bits per heavy atom. The Balaban J connectivity index is 1.64. The molecule has 0 aromatic heterocycles. The number of carbonyl (C=O) groups is 1. The first-order chi connectivity index (χ1) is 11.0. The second-order valence-electron chi connectivity index (χ2n) is 7.79. The first-order valence-electron chi connectivity index (χ1n) is 9.43. The zero-order valence-corrected chi connectivity index (χ0v) is 15.6. The molecule has 0 aromatic rings. The van der Waals surface area contributed by atoms with Crippen LogP contribution in [0.3, 0.4) is 0 Å². The Bertz CT molecular complexity index is 356. The number of rotatable bonds is 6. The highest BCUT2D eigenvalue weighted by Gasteiger charge is 2.25. The van der Waals surface area contributed by atoms with Gasteiger partial charge in [0.25, 0.3) is 0 Å². The third kappa shape index (κ3) is 6.05. The Kier molecular flexibility index (Phi) is 7.31. The highest BCUT2D eigenvalue weighted by Crippen LogP contribution is 2.20. The van der Waals surface area contributed by atoms with E-state index in [0.717, 1.165) is 32.1 Å². The van der Waals surface area contributed by atoms with Gasteiger partial charge >= 0.3 is 0 Å². The summed E-state index contributed by atoms with van der Waals surface area (Å²) >= 11 is 0. The lowest BCUT2D eigenvalue weighted by atomic mass is 9.95. The van der Waals surface area contributed by atoms with E-state index in [1.807, 2.05) is 4.90 Å². The van der Waals surface area contributed by atoms with E-state index in [4.69, 9.17) is 0 Å². The van der Waals surface area contributed by atoms with E-state index in [1.165, 1.54) is 32.5 Å². The molecule has 0 unspecified atom stereocenters. The zero-order chi connectivity index (χ0) is 16.8. The maximum absolute atomic E-state index is 12.1. The molecular formula is C18H36N4O. The molecule has 2 fully saturated rings. The van der Waals surface area contributed by atoms with Crippen molar-refractivity contribution in [1.82, 2.24) is 20.0 Å². The summed E-state index contributed by atoms with van der Waals surface area (Å²) < 4.78 is 0. The van der Waals surface area contributed by atoms with E-state index in [2.05, 4.69) is 42.8 Å². The van der Waals surface area contributed by atoms with Crippen LogP contribution in [0.1, 0.15) is 40.5 Å². The summed E-state index contributed by atoms with van der Waals surface area (Å²) in [6.45, 7) is 16.8. The quantitative estimate of drug-likeness (QED) is 0.798. The van der Waals surface area contributed by atoms with Crippen LogP contribution >= 0.6 is 0 Å². The molecule has 2 heterocycles. The number of nitrogens with one attached hydrogen (secondary N) is 1. The lowest BCUT2D eigenvalue weighted by molar-refractivity contribution is -0.132. The van der Waals surface area contributed by atoms with E-state index in [-0.39, 0.29) is 5.91 Å². The van der Waals surface area contributed by atoms with Gasteiger partial charge in [-0.3, -0.25) is 9.69 Å². The lowest BCUT2D eigenvalue weighted by Crippen LogP contribution is -2.52. The van der Waals surface area contributed by atoms with Gasteiger partial charge in [0.1, 0.15) is 0 Å². The van der Waals surface area contributed by atoms with Crippen LogP contribution < -0.4 is 5.32 Å².